The summed E-state index contributed by atoms with van der Waals surface area (Å²) in [4.78, 5) is 38.7. The van der Waals surface area contributed by atoms with Crippen LogP contribution in [0.5, 0.6) is 0 Å². The molecule has 29 heavy (non-hydrogen) atoms. The van der Waals surface area contributed by atoms with Crippen LogP contribution in [0, 0.1) is 16.7 Å². The molecule has 0 spiro atoms. The van der Waals surface area contributed by atoms with Gasteiger partial charge in [0.25, 0.3) is 0 Å². The fourth-order valence-electron chi connectivity index (χ4n) is 4.11. The first kappa shape index (κ1) is 20.4. The smallest absolute Gasteiger partial charge is 0.329 e. The molecule has 0 aliphatic carbocycles. The minimum Gasteiger partial charge on any atom is -0.465 e. The first-order chi connectivity index (χ1) is 13.8. The molecule has 4 N–H and O–H groups in total. The van der Waals surface area contributed by atoms with Gasteiger partial charge < -0.3 is 21.1 Å². The molecule has 4 atom stereocenters. The number of nitrogens with two attached hydrogens (primary N) is 2. The number of amides is 2. The van der Waals surface area contributed by atoms with E-state index in [1.54, 1.807) is 31.2 Å². The topological polar surface area (TPSA) is 140 Å². The van der Waals surface area contributed by atoms with E-state index >= 15 is 0 Å². The van der Waals surface area contributed by atoms with Crippen LogP contribution in [0.1, 0.15) is 18.4 Å². The third-order valence-electron chi connectivity index (χ3n) is 5.24. The standard InChI is InChI=1S/C20H19ClN4O4/c1-2-29-19(28)20(10-22)14-7-6-12(17(23)26)9-25(14)16(18(24)27)15(20)11-4-3-5-13(21)8-11/h3-9,14-16H,2H2,1H3,(H2,23,26)(H2,24,27)/t14-,15-,16-,20+/m1/s1. The Hall–Kier alpha value is -3.31. The molecule has 1 fully saturated rings. The first-order valence-corrected chi connectivity index (χ1v) is 9.26. The molecule has 2 amide bonds. The van der Waals surface area contributed by atoms with E-state index in [9.17, 15) is 19.6 Å². The fourth-order valence-corrected chi connectivity index (χ4v) is 4.30. The van der Waals surface area contributed by atoms with Crippen molar-refractivity contribution >= 4 is 29.4 Å². The number of primary amides is 2. The van der Waals surface area contributed by atoms with Crippen LogP contribution in [-0.2, 0) is 19.1 Å². The minimum atomic E-state index is -1.80. The predicted molar refractivity (Wildman–Crippen MR) is 104 cm³/mol. The van der Waals surface area contributed by atoms with Gasteiger partial charge in [-0.15, -0.1) is 0 Å². The Balaban J connectivity index is 2.30. The lowest BCUT2D eigenvalue weighted by atomic mass is 9.68. The summed E-state index contributed by atoms with van der Waals surface area (Å²) in [6.07, 6.45) is 4.28. The molecule has 8 nitrogen and oxygen atoms in total. The van der Waals surface area contributed by atoms with Crippen LogP contribution in [0.25, 0.3) is 0 Å². The quantitative estimate of drug-likeness (QED) is 0.688. The molecular formula is C20H19ClN4O4. The molecule has 2 aliphatic rings. The Bertz CT molecular complexity index is 983. The second kappa shape index (κ2) is 7.60. The van der Waals surface area contributed by atoms with Gasteiger partial charge >= 0.3 is 5.97 Å². The number of carbonyl (C=O) groups is 3. The molecule has 0 saturated carbocycles. The highest BCUT2D eigenvalue weighted by atomic mass is 35.5. The van der Waals surface area contributed by atoms with Crippen molar-refractivity contribution in [2.75, 3.05) is 6.61 Å². The van der Waals surface area contributed by atoms with Crippen molar-refractivity contribution in [1.82, 2.24) is 4.90 Å². The zero-order chi connectivity index (χ0) is 21.3. The summed E-state index contributed by atoms with van der Waals surface area (Å²) in [7, 11) is 0. The Morgan fingerprint density at radius 2 is 2.07 bits per heavy atom. The van der Waals surface area contributed by atoms with E-state index in [1.807, 2.05) is 0 Å². The molecule has 0 aromatic heterocycles. The van der Waals surface area contributed by atoms with Crippen molar-refractivity contribution in [3.05, 3.63) is 58.8 Å². The zero-order valence-corrected chi connectivity index (χ0v) is 16.3. The van der Waals surface area contributed by atoms with Gasteiger partial charge in [-0.2, -0.15) is 5.26 Å². The number of hydrogen-bond acceptors (Lipinski definition) is 6. The van der Waals surface area contributed by atoms with Crippen molar-refractivity contribution in [3.8, 4) is 6.07 Å². The number of ether oxygens (including phenoxy) is 1. The van der Waals surface area contributed by atoms with Gasteiger partial charge in [0.15, 0.2) is 5.41 Å². The van der Waals surface area contributed by atoms with Gasteiger partial charge in [0.2, 0.25) is 11.8 Å². The van der Waals surface area contributed by atoms with Crippen LogP contribution in [0.15, 0.2) is 48.2 Å². The molecule has 0 radical (unpaired) electrons. The average Bonchev–Trinajstić information content (AvgIpc) is 2.99. The molecule has 0 bridgehead atoms. The number of nitriles is 1. The third-order valence-corrected chi connectivity index (χ3v) is 5.48. The number of nitrogens with zero attached hydrogens (tertiary/aromatic N) is 2. The molecule has 2 heterocycles. The van der Waals surface area contributed by atoms with E-state index in [0.29, 0.717) is 10.6 Å². The van der Waals surface area contributed by atoms with Crippen LogP contribution in [0.2, 0.25) is 5.02 Å². The number of carbonyl (C=O) groups excluding carboxylic acids is 3. The minimum absolute atomic E-state index is 0.0462. The summed E-state index contributed by atoms with van der Waals surface area (Å²) in [5.74, 6) is -3.25. The van der Waals surface area contributed by atoms with Gasteiger partial charge in [-0.3, -0.25) is 14.4 Å². The maximum atomic E-state index is 13.1. The van der Waals surface area contributed by atoms with E-state index in [4.69, 9.17) is 27.8 Å². The Labute approximate surface area is 172 Å². The maximum Gasteiger partial charge on any atom is 0.329 e. The fraction of sp³-hybridized carbons (Fsp3) is 0.300. The second-order valence-electron chi connectivity index (χ2n) is 6.78. The van der Waals surface area contributed by atoms with Gasteiger partial charge in [-0.25, -0.2) is 0 Å². The molecule has 1 aromatic rings. The molecule has 150 valence electrons. The lowest BCUT2D eigenvalue weighted by Crippen LogP contribution is -2.45. The zero-order valence-electron chi connectivity index (χ0n) is 15.5. The van der Waals surface area contributed by atoms with E-state index in [0.717, 1.165) is 0 Å². The normalized spacial score (nSPS) is 27.6. The number of halogens is 1. The lowest BCUT2D eigenvalue weighted by Gasteiger charge is -2.32. The Morgan fingerprint density at radius 3 is 2.62 bits per heavy atom. The van der Waals surface area contributed by atoms with E-state index in [1.165, 1.54) is 23.3 Å². The molecule has 1 aromatic carbocycles. The van der Waals surface area contributed by atoms with Crippen molar-refractivity contribution in [2.45, 2.75) is 24.9 Å². The number of benzene rings is 1. The van der Waals surface area contributed by atoms with E-state index < -0.39 is 41.2 Å². The van der Waals surface area contributed by atoms with Gasteiger partial charge in [0.05, 0.1) is 24.3 Å². The van der Waals surface area contributed by atoms with Gasteiger partial charge in [-0.05, 0) is 30.7 Å². The summed E-state index contributed by atoms with van der Waals surface area (Å²) < 4.78 is 5.23. The van der Waals surface area contributed by atoms with Crippen LogP contribution >= 0.6 is 11.6 Å². The summed E-state index contributed by atoms with van der Waals surface area (Å²) in [6, 6.07) is 6.62. The van der Waals surface area contributed by atoms with Gasteiger partial charge in [0, 0.05) is 17.1 Å². The molecule has 3 rings (SSSR count). The summed E-state index contributed by atoms with van der Waals surface area (Å²) >= 11 is 6.13. The van der Waals surface area contributed by atoms with Crippen molar-refractivity contribution in [2.24, 2.45) is 16.9 Å². The van der Waals surface area contributed by atoms with Crippen LogP contribution in [0.3, 0.4) is 0 Å². The highest BCUT2D eigenvalue weighted by molar-refractivity contribution is 6.30. The lowest BCUT2D eigenvalue weighted by molar-refractivity contribution is -0.153. The Kier molecular flexibility index (Phi) is 5.36. The summed E-state index contributed by atoms with van der Waals surface area (Å²) in [6.45, 7) is 1.67. The molecule has 9 heteroatoms. The van der Waals surface area contributed by atoms with Crippen LogP contribution < -0.4 is 11.5 Å². The third kappa shape index (κ3) is 3.13. The van der Waals surface area contributed by atoms with Crippen molar-refractivity contribution in [1.29, 1.82) is 5.26 Å². The monoisotopic (exact) mass is 414 g/mol. The molecular weight excluding hydrogens is 396 g/mol. The van der Waals surface area contributed by atoms with E-state index in [2.05, 4.69) is 6.07 Å². The van der Waals surface area contributed by atoms with Gasteiger partial charge in [-0.1, -0.05) is 29.8 Å². The Morgan fingerprint density at radius 1 is 1.34 bits per heavy atom. The molecule has 1 saturated heterocycles. The number of esters is 1. The van der Waals surface area contributed by atoms with Crippen molar-refractivity contribution in [3.63, 3.8) is 0 Å². The predicted octanol–water partition coefficient (Wildman–Crippen LogP) is 0.974. The summed E-state index contributed by atoms with van der Waals surface area (Å²) in [5.41, 5.74) is 9.87. The van der Waals surface area contributed by atoms with Crippen LogP contribution in [0.4, 0.5) is 0 Å². The van der Waals surface area contributed by atoms with Gasteiger partial charge in [0.1, 0.15) is 6.04 Å². The van der Waals surface area contributed by atoms with Crippen LogP contribution in [-0.4, -0.2) is 41.4 Å². The second-order valence-corrected chi connectivity index (χ2v) is 7.22. The SMILES string of the molecule is CCOC(=O)[C@]1(C#N)[C@H](c2cccc(Cl)c2)[C@H](C(N)=O)N2C=C(C(N)=O)C=C[C@@H]21. The summed E-state index contributed by atoms with van der Waals surface area (Å²) in [5, 5.41) is 10.6. The highest BCUT2D eigenvalue weighted by Crippen LogP contribution is 2.53. The maximum absolute atomic E-state index is 13.1. The molecule has 0 unspecified atom stereocenters. The van der Waals surface area contributed by atoms with Crippen molar-refractivity contribution < 1.29 is 19.1 Å². The average molecular weight is 415 g/mol. The molecule has 2 aliphatic heterocycles. The highest BCUT2D eigenvalue weighted by Gasteiger charge is 2.66. The number of hydrogen-bond donors (Lipinski definition) is 2. The number of rotatable bonds is 5. The van der Waals surface area contributed by atoms with E-state index in [-0.39, 0.29) is 12.2 Å². The largest absolute Gasteiger partial charge is 0.465 e. The number of fused-ring (bicyclic) bond motifs is 1. The first-order valence-electron chi connectivity index (χ1n) is 8.88.